The normalized spacial score (nSPS) is 10.2. The smallest absolute Gasteiger partial charge is 0.124 e. The zero-order valence-corrected chi connectivity index (χ0v) is 10.6. The van der Waals surface area contributed by atoms with E-state index >= 15 is 0 Å². The van der Waals surface area contributed by atoms with E-state index in [2.05, 4.69) is 4.98 Å². The highest BCUT2D eigenvalue weighted by Crippen LogP contribution is 2.16. The van der Waals surface area contributed by atoms with E-state index in [0.29, 0.717) is 25.5 Å². The summed E-state index contributed by atoms with van der Waals surface area (Å²) < 4.78 is 5.20. The van der Waals surface area contributed by atoms with Gasteiger partial charge in [-0.2, -0.15) is 0 Å². The van der Waals surface area contributed by atoms with Crippen LogP contribution in [0.4, 0.5) is 5.69 Å². The lowest BCUT2D eigenvalue weighted by Crippen LogP contribution is -2.26. The summed E-state index contributed by atoms with van der Waals surface area (Å²) in [5, 5.41) is 8.58. The van der Waals surface area contributed by atoms with Gasteiger partial charge in [0.25, 0.3) is 0 Å². The molecule has 0 spiro atoms. The van der Waals surface area contributed by atoms with E-state index in [1.165, 1.54) is 0 Å². The number of anilines is 1. The first-order valence-electron chi connectivity index (χ1n) is 5.31. The summed E-state index contributed by atoms with van der Waals surface area (Å²) in [6.45, 7) is 1.60. The number of pyridine rings is 1. The minimum absolute atomic E-state index is 0.0365. The highest BCUT2D eigenvalue weighted by molar-refractivity contribution is 7.80. The molecule has 0 aliphatic heterocycles. The summed E-state index contributed by atoms with van der Waals surface area (Å²) in [6, 6.07) is 3.75. The molecule has 1 heterocycles. The quantitative estimate of drug-likeness (QED) is 0.534. The Kier molecular flexibility index (Phi) is 5.82. The summed E-state index contributed by atoms with van der Waals surface area (Å²) in [5.74, 6) is 0. The summed E-state index contributed by atoms with van der Waals surface area (Å²) in [5.41, 5.74) is 7.11. The molecular weight excluding hydrogens is 238 g/mol. The van der Waals surface area contributed by atoms with Gasteiger partial charge in [-0.05, 0) is 12.1 Å². The third kappa shape index (κ3) is 4.26. The molecule has 0 aromatic carbocycles. The predicted octanol–water partition coefficient (Wildman–Crippen LogP) is 0.161. The Bertz CT molecular complexity index is 373. The van der Waals surface area contributed by atoms with Crippen LogP contribution in [0, 0.1) is 0 Å². The number of hydrogen-bond acceptors (Lipinski definition) is 5. The lowest BCUT2D eigenvalue weighted by atomic mass is 10.2. The van der Waals surface area contributed by atoms with Crippen molar-refractivity contribution in [3.8, 4) is 0 Å². The molecule has 0 aliphatic carbocycles. The second kappa shape index (κ2) is 7.16. The second-order valence-electron chi connectivity index (χ2n) is 3.49. The average Bonchev–Trinajstić information content (AvgIpc) is 2.34. The van der Waals surface area contributed by atoms with Crippen molar-refractivity contribution in [3.63, 3.8) is 0 Å². The monoisotopic (exact) mass is 255 g/mol. The molecule has 0 unspecified atom stereocenters. The molecule has 0 amide bonds. The van der Waals surface area contributed by atoms with Crippen molar-refractivity contribution in [1.82, 2.24) is 4.98 Å². The van der Waals surface area contributed by atoms with Gasteiger partial charge in [0.05, 0.1) is 25.5 Å². The molecule has 6 heteroatoms. The van der Waals surface area contributed by atoms with Gasteiger partial charge in [0.1, 0.15) is 10.7 Å². The Balaban J connectivity index is 2.62. The van der Waals surface area contributed by atoms with Crippen LogP contribution < -0.4 is 10.6 Å². The number of rotatable bonds is 7. The maximum atomic E-state index is 8.58. The van der Waals surface area contributed by atoms with Crippen LogP contribution in [-0.2, 0) is 4.74 Å². The fourth-order valence-electron chi connectivity index (χ4n) is 1.38. The van der Waals surface area contributed by atoms with Gasteiger partial charge in [0.2, 0.25) is 0 Å². The molecule has 1 aromatic rings. The van der Waals surface area contributed by atoms with E-state index < -0.39 is 0 Å². The van der Waals surface area contributed by atoms with Crippen LogP contribution in [0.3, 0.4) is 0 Å². The first-order chi connectivity index (χ1) is 8.16. The van der Waals surface area contributed by atoms with Gasteiger partial charge in [-0.1, -0.05) is 12.2 Å². The number of aliphatic hydroxyl groups excluding tert-OH is 1. The Morgan fingerprint density at radius 1 is 1.59 bits per heavy atom. The van der Waals surface area contributed by atoms with Gasteiger partial charge in [0.15, 0.2) is 0 Å². The molecule has 0 saturated heterocycles. The Hall–Kier alpha value is -1.24. The van der Waals surface area contributed by atoms with Crippen LogP contribution in [0.5, 0.6) is 0 Å². The zero-order valence-electron chi connectivity index (χ0n) is 9.80. The molecule has 3 N–H and O–H groups in total. The number of thiocarbonyl (C=S) groups is 1. The molecule has 17 heavy (non-hydrogen) atoms. The standard InChI is InChI=1S/C11H17N3O2S/c1-14(5-7-16-8-6-15)9-3-2-4-13-10(9)11(12)17/h2-4,15H,5-8H2,1H3,(H2,12,17). The van der Waals surface area contributed by atoms with Crippen molar-refractivity contribution in [2.24, 2.45) is 5.73 Å². The van der Waals surface area contributed by atoms with Gasteiger partial charge >= 0.3 is 0 Å². The summed E-state index contributed by atoms with van der Waals surface area (Å²) >= 11 is 4.95. The highest BCUT2D eigenvalue weighted by Gasteiger charge is 2.09. The van der Waals surface area contributed by atoms with Crippen LogP contribution in [0.15, 0.2) is 18.3 Å². The Morgan fingerprint density at radius 2 is 2.35 bits per heavy atom. The van der Waals surface area contributed by atoms with E-state index in [0.717, 1.165) is 5.69 Å². The lowest BCUT2D eigenvalue weighted by molar-refractivity contribution is 0.0971. The van der Waals surface area contributed by atoms with Crippen LogP contribution in [0.1, 0.15) is 5.69 Å². The van der Waals surface area contributed by atoms with Crippen LogP contribution in [0.2, 0.25) is 0 Å². The van der Waals surface area contributed by atoms with Crippen molar-refractivity contribution in [3.05, 3.63) is 24.0 Å². The van der Waals surface area contributed by atoms with Gasteiger partial charge in [-0.15, -0.1) is 0 Å². The zero-order chi connectivity index (χ0) is 12.7. The SMILES string of the molecule is CN(CCOCCO)c1cccnc1C(N)=S. The van der Waals surface area contributed by atoms with Crippen LogP contribution >= 0.6 is 12.2 Å². The number of nitrogens with zero attached hydrogens (tertiary/aromatic N) is 2. The average molecular weight is 255 g/mol. The molecular formula is C11H17N3O2S. The number of likely N-dealkylation sites (N-methyl/N-ethyl adjacent to an activating group) is 1. The number of aromatic nitrogens is 1. The maximum absolute atomic E-state index is 8.58. The minimum atomic E-state index is 0.0365. The van der Waals surface area contributed by atoms with E-state index in [1.807, 2.05) is 24.1 Å². The molecule has 0 radical (unpaired) electrons. The molecule has 1 aromatic heterocycles. The van der Waals surface area contributed by atoms with Gasteiger partial charge in [0, 0.05) is 19.8 Å². The van der Waals surface area contributed by atoms with Crippen molar-refractivity contribution >= 4 is 22.9 Å². The molecule has 1 rings (SSSR count). The Morgan fingerprint density at radius 3 is 3.00 bits per heavy atom. The van der Waals surface area contributed by atoms with Crippen molar-refractivity contribution in [2.75, 3.05) is 38.3 Å². The third-order valence-corrected chi connectivity index (χ3v) is 2.43. The van der Waals surface area contributed by atoms with Gasteiger partial charge in [-0.25, -0.2) is 0 Å². The fourth-order valence-corrected chi connectivity index (χ4v) is 1.54. The molecule has 0 fully saturated rings. The molecule has 5 nitrogen and oxygen atoms in total. The van der Waals surface area contributed by atoms with E-state index in [9.17, 15) is 0 Å². The fraction of sp³-hybridized carbons (Fsp3) is 0.455. The first-order valence-corrected chi connectivity index (χ1v) is 5.72. The first kappa shape index (κ1) is 13.8. The van der Waals surface area contributed by atoms with Crippen LogP contribution in [0.25, 0.3) is 0 Å². The molecule has 0 aliphatic rings. The summed E-state index contributed by atoms with van der Waals surface area (Å²) in [6.07, 6.45) is 1.66. The van der Waals surface area contributed by atoms with Gasteiger partial charge < -0.3 is 20.5 Å². The second-order valence-corrected chi connectivity index (χ2v) is 3.93. The van der Waals surface area contributed by atoms with E-state index in [4.69, 9.17) is 27.8 Å². The lowest BCUT2D eigenvalue weighted by Gasteiger charge is -2.21. The van der Waals surface area contributed by atoms with Crippen molar-refractivity contribution in [1.29, 1.82) is 0 Å². The molecule has 0 saturated carbocycles. The molecule has 0 atom stereocenters. The topological polar surface area (TPSA) is 71.6 Å². The maximum Gasteiger partial charge on any atom is 0.124 e. The molecule has 0 bridgehead atoms. The largest absolute Gasteiger partial charge is 0.394 e. The minimum Gasteiger partial charge on any atom is -0.394 e. The number of nitrogens with two attached hydrogens (primary N) is 1. The van der Waals surface area contributed by atoms with Crippen molar-refractivity contribution < 1.29 is 9.84 Å². The van der Waals surface area contributed by atoms with E-state index in [1.54, 1.807) is 6.20 Å². The van der Waals surface area contributed by atoms with Gasteiger partial charge in [-0.3, -0.25) is 4.98 Å². The summed E-state index contributed by atoms with van der Waals surface area (Å²) in [4.78, 5) is 6.41. The Labute approximate surface area is 106 Å². The highest BCUT2D eigenvalue weighted by atomic mass is 32.1. The predicted molar refractivity (Wildman–Crippen MR) is 71.3 cm³/mol. The number of ether oxygens (including phenoxy) is 1. The number of hydrogen-bond donors (Lipinski definition) is 2. The molecule has 94 valence electrons. The summed E-state index contributed by atoms with van der Waals surface area (Å²) in [7, 11) is 1.92. The number of aliphatic hydroxyl groups is 1. The van der Waals surface area contributed by atoms with Crippen LogP contribution in [-0.4, -0.2) is 48.5 Å². The van der Waals surface area contributed by atoms with Crippen molar-refractivity contribution in [2.45, 2.75) is 0 Å². The third-order valence-electron chi connectivity index (χ3n) is 2.24. The van der Waals surface area contributed by atoms with E-state index in [-0.39, 0.29) is 11.6 Å².